The van der Waals surface area contributed by atoms with Crippen LogP contribution >= 0.6 is 23.2 Å². The highest BCUT2D eigenvalue weighted by Gasteiger charge is 2.27. The van der Waals surface area contributed by atoms with Gasteiger partial charge in [0.15, 0.2) is 5.92 Å². The number of ether oxygens (including phenoxy) is 1. The van der Waals surface area contributed by atoms with Gasteiger partial charge in [0.25, 0.3) is 0 Å². The number of hydrogen-bond acceptors (Lipinski definition) is 3. The summed E-state index contributed by atoms with van der Waals surface area (Å²) in [5.41, 5.74) is 0.609. The molecule has 0 amide bonds. The Labute approximate surface area is 108 Å². The van der Waals surface area contributed by atoms with Gasteiger partial charge in [-0.3, -0.25) is 9.59 Å². The van der Waals surface area contributed by atoms with Crippen LogP contribution in [0, 0.1) is 5.92 Å². The Bertz CT molecular complexity index is 445. The molecule has 1 atom stereocenters. The minimum absolute atomic E-state index is 0.0128. The van der Waals surface area contributed by atoms with Crippen molar-refractivity contribution in [1.82, 2.24) is 0 Å². The van der Waals surface area contributed by atoms with E-state index in [1.807, 2.05) is 0 Å². The predicted molar refractivity (Wildman–Crippen MR) is 63.3 cm³/mol. The lowest BCUT2D eigenvalue weighted by molar-refractivity contribution is -0.156. The van der Waals surface area contributed by atoms with E-state index in [9.17, 15) is 9.59 Å². The van der Waals surface area contributed by atoms with Crippen LogP contribution in [-0.4, -0.2) is 24.2 Å². The molecule has 0 aliphatic carbocycles. The van der Waals surface area contributed by atoms with Gasteiger partial charge in [0.1, 0.15) is 0 Å². The smallest absolute Gasteiger partial charge is 0.320 e. The van der Waals surface area contributed by atoms with Crippen molar-refractivity contribution in [2.75, 3.05) is 7.11 Å². The maximum atomic E-state index is 11.2. The molecule has 0 aliphatic heterocycles. The number of carbonyl (C=O) groups is 2. The van der Waals surface area contributed by atoms with Gasteiger partial charge in [-0.05, 0) is 24.1 Å². The highest BCUT2D eigenvalue weighted by molar-refractivity contribution is 6.42. The van der Waals surface area contributed by atoms with E-state index in [1.165, 1.54) is 6.07 Å². The van der Waals surface area contributed by atoms with Gasteiger partial charge in [-0.1, -0.05) is 29.3 Å². The third kappa shape index (κ3) is 3.61. The van der Waals surface area contributed by atoms with E-state index in [-0.39, 0.29) is 6.42 Å². The summed E-state index contributed by atoms with van der Waals surface area (Å²) in [6, 6.07) is 4.70. The number of carboxylic acid groups (broad SMARTS) is 1. The molecule has 17 heavy (non-hydrogen) atoms. The zero-order valence-corrected chi connectivity index (χ0v) is 10.5. The molecule has 0 saturated carbocycles. The molecule has 4 nitrogen and oxygen atoms in total. The van der Waals surface area contributed by atoms with Crippen LogP contribution in [0.2, 0.25) is 10.0 Å². The van der Waals surface area contributed by atoms with Crippen LogP contribution in [0.3, 0.4) is 0 Å². The summed E-state index contributed by atoms with van der Waals surface area (Å²) < 4.78 is 4.42. The van der Waals surface area contributed by atoms with Crippen molar-refractivity contribution in [3.63, 3.8) is 0 Å². The Morgan fingerprint density at radius 3 is 2.47 bits per heavy atom. The van der Waals surface area contributed by atoms with Crippen LogP contribution in [0.25, 0.3) is 0 Å². The molecular formula is C11H10Cl2O4. The van der Waals surface area contributed by atoms with E-state index in [4.69, 9.17) is 28.3 Å². The predicted octanol–water partition coefficient (Wildman–Crippen LogP) is 2.41. The van der Waals surface area contributed by atoms with Gasteiger partial charge in [0.2, 0.25) is 0 Å². The average molecular weight is 277 g/mol. The molecule has 1 aromatic rings. The van der Waals surface area contributed by atoms with Crippen LogP contribution in [0.1, 0.15) is 5.56 Å². The van der Waals surface area contributed by atoms with Crippen molar-refractivity contribution in [2.45, 2.75) is 6.42 Å². The molecule has 0 radical (unpaired) electrons. The number of methoxy groups -OCH3 is 1. The van der Waals surface area contributed by atoms with Crippen molar-refractivity contribution in [3.05, 3.63) is 33.8 Å². The van der Waals surface area contributed by atoms with Gasteiger partial charge in [-0.25, -0.2) is 0 Å². The second-order valence-corrected chi connectivity index (χ2v) is 4.18. The number of aliphatic carboxylic acids is 1. The maximum absolute atomic E-state index is 11.2. The highest BCUT2D eigenvalue weighted by Crippen LogP contribution is 2.24. The number of carbonyl (C=O) groups excluding carboxylic acids is 1. The van der Waals surface area contributed by atoms with Gasteiger partial charge >= 0.3 is 11.9 Å². The van der Waals surface area contributed by atoms with Crippen molar-refractivity contribution in [1.29, 1.82) is 0 Å². The summed E-state index contributed by atoms with van der Waals surface area (Å²) in [6.45, 7) is 0. The zero-order valence-electron chi connectivity index (χ0n) is 8.94. The SMILES string of the molecule is COC(=O)C(Cc1ccc(Cl)c(Cl)c1)C(=O)O. The third-order valence-corrected chi connectivity index (χ3v) is 2.95. The molecule has 6 heteroatoms. The van der Waals surface area contributed by atoms with Crippen molar-refractivity contribution in [3.8, 4) is 0 Å². The summed E-state index contributed by atoms with van der Waals surface area (Å²) in [4.78, 5) is 22.1. The molecule has 92 valence electrons. The summed E-state index contributed by atoms with van der Waals surface area (Å²) in [6.07, 6.45) is 0.0128. The van der Waals surface area contributed by atoms with Gasteiger partial charge in [-0.15, -0.1) is 0 Å². The van der Waals surface area contributed by atoms with Crippen molar-refractivity contribution in [2.24, 2.45) is 5.92 Å². The summed E-state index contributed by atoms with van der Waals surface area (Å²) >= 11 is 11.5. The second kappa shape index (κ2) is 5.89. The summed E-state index contributed by atoms with van der Waals surface area (Å²) in [7, 11) is 1.15. The van der Waals surface area contributed by atoms with Gasteiger partial charge in [0.05, 0.1) is 17.2 Å². The first kappa shape index (κ1) is 13.8. The molecule has 1 N–H and O–H groups in total. The first-order valence-corrected chi connectivity index (χ1v) is 5.46. The lowest BCUT2D eigenvalue weighted by atomic mass is 10.00. The van der Waals surface area contributed by atoms with E-state index in [0.29, 0.717) is 15.6 Å². The number of carboxylic acids is 1. The van der Waals surface area contributed by atoms with Crippen LogP contribution in [0.4, 0.5) is 0 Å². The summed E-state index contributed by atoms with van der Waals surface area (Å²) in [5, 5.41) is 9.59. The standard InChI is InChI=1S/C11H10Cl2O4/c1-17-11(16)7(10(14)15)4-6-2-3-8(12)9(13)5-6/h2-3,5,7H,4H2,1H3,(H,14,15). The number of hydrogen-bond donors (Lipinski definition) is 1. The van der Waals surface area contributed by atoms with Crippen molar-refractivity contribution < 1.29 is 19.4 Å². The fourth-order valence-corrected chi connectivity index (χ4v) is 1.64. The maximum Gasteiger partial charge on any atom is 0.320 e. The topological polar surface area (TPSA) is 63.6 Å². The Morgan fingerprint density at radius 2 is 2.00 bits per heavy atom. The Balaban J connectivity index is 2.90. The molecule has 0 spiro atoms. The van der Waals surface area contributed by atoms with Crippen LogP contribution < -0.4 is 0 Å². The van der Waals surface area contributed by atoms with Crippen LogP contribution in [0.15, 0.2) is 18.2 Å². The molecule has 0 bridgehead atoms. The van der Waals surface area contributed by atoms with E-state index in [2.05, 4.69) is 4.74 Å². The molecule has 0 heterocycles. The van der Waals surface area contributed by atoms with Crippen LogP contribution in [-0.2, 0) is 20.7 Å². The molecule has 1 rings (SSSR count). The minimum atomic E-state index is -1.24. The lowest BCUT2D eigenvalue weighted by Crippen LogP contribution is -2.27. The molecule has 1 aromatic carbocycles. The van der Waals surface area contributed by atoms with E-state index in [0.717, 1.165) is 7.11 Å². The number of rotatable bonds is 4. The van der Waals surface area contributed by atoms with Gasteiger partial charge in [0, 0.05) is 0 Å². The Kier molecular flexibility index (Phi) is 4.78. The molecule has 0 aliphatic rings. The van der Waals surface area contributed by atoms with E-state index in [1.54, 1.807) is 12.1 Å². The van der Waals surface area contributed by atoms with E-state index < -0.39 is 17.9 Å². The number of esters is 1. The van der Waals surface area contributed by atoms with Crippen LogP contribution in [0.5, 0.6) is 0 Å². The molecule has 1 unspecified atom stereocenters. The second-order valence-electron chi connectivity index (χ2n) is 3.37. The molecular weight excluding hydrogens is 267 g/mol. The first-order chi connectivity index (χ1) is 7.95. The van der Waals surface area contributed by atoms with E-state index >= 15 is 0 Å². The van der Waals surface area contributed by atoms with Gasteiger partial charge < -0.3 is 9.84 Å². The normalized spacial score (nSPS) is 11.9. The molecule has 0 saturated heterocycles. The minimum Gasteiger partial charge on any atom is -0.481 e. The quantitative estimate of drug-likeness (QED) is 0.678. The van der Waals surface area contributed by atoms with Crippen molar-refractivity contribution >= 4 is 35.1 Å². The average Bonchev–Trinajstić information content (AvgIpc) is 2.29. The number of benzene rings is 1. The lowest BCUT2D eigenvalue weighted by Gasteiger charge is -2.10. The fourth-order valence-electron chi connectivity index (χ4n) is 1.32. The fraction of sp³-hybridized carbons (Fsp3) is 0.273. The Hall–Kier alpha value is -1.26. The largest absolute Gasteiger partial charge is 0.481 e. The number of halogens is 2. The van der Waals surface area contributed by atoms with Gasteiger partial charge in [-0.2, -0.15) is 0 Å². The zero-order chi connectivity index (χ0) is 13.0. The summed E-state index contributed by atoms with van der Waals surface area (Å²) in [5.74, 6) is -3.26. The monoisotopic (exact) mass is 276 g/mol. The highest BCUT2D eigenvalue weighted by atomic mass is 35.5. The third-order valence-electron chi connectivity index (χ3n) is 2.21. The Morgan fingerprint density at radius 1 is 1.35 bits per heavy atom. The first-order valence-electron chi connectivity index (χ1n) is 4.70. The molecule has 0 fully saturated rings. The molecule has 0 aromatic heterocycles.